The van der Waals surface area contributed by atoms with E-state index in [1.165, 1.54) is 0 Å². The third kappa shape index (κ3) is 4.63. The van der Waals surface area contributed by atoms with Gasteiger partial charge < -0.3 is 20.9 Å². The van der Waals surface area contributed by atoms with Crippen LogP contribution in [0.2, 0.25) is 0 Å². The number of amidine groups is 1. The summed E-state index contributed by atoms with van der Waals surface area (Å²) in [6.45, 7) is 6.36. The van der Waals surface area contributed by atoms with Crippen molar-refractivity contribution in [3.05, 3.63) is 59.2 Å². The van der Waals surface area contributed by atoms with E-state index in [1.54, 1.807) is 30.3 Å². The zero-order chi connectivity index (χ0) is 20.7. The van der Waals surface area contributed by atoms with E-state index in [0.29, 0.717) is 35.6 Å². The van der Waals surface area contributed by atoms with Crippen molar-refractivity contribution in [2.45, 2.75) is 45.6 Å². The van der Waals surface area contributed by atoms with Crippen molar-refractivity contribution in [1.82, 2.24) is 0 Å². The first kappa shape index (κ1) is 21.3. The quantitative estimate of drug-likeness (QED) is 0.364. The van der Waals surface area contributed by atoms with Crippen molar-refractivity contribution in [2.24, 2.45) is 5.73 Å². The second-order valence-electron chi connectivity index (χ2n) is 6.73. The number of hydrogen-bond acceptors (Lipinski definition) is 4. The molecule has 28 heavy (non-hydrogen) atoms. The minimum atomic E-state index is -1.30. The minimum Gasteiger partial charge on any atom is -0.494 e. The third-order valence-electron chi connectivity index (χ3n) is 4.76. The van der Waals surface area contributed by atoms with Crippen LogP contribution in [0.3, 0.4) is 0 Å². The normalized spacial score (nSPS) is 12.8. The highest BCUT2D eigenvalue weighted by molar-refractivity contribution is 5.95. The number of carbonyl (C=O) groups is 1. The zero-order valence-electron chi connectivity index (χ0n) is 16.7. The molecule has 0 saturated heterocycles. The maximum Gasteiger partial charge on any atom is 0.334 e. The molecule has 0 aliphatic heterocycles. The Bertz CT molecular complexity index is 809. The summed E-state index contributed by atoms with van der Waals surface area (Å²) in [6.07, 6.45) is 2.15. The van der Waals surface area contributed by atoms with Gasteiger partial charge in [-0.15, -0.1) is 0 Å². The van der Waals surface area contributed by atoms with E-state index >= 15 is 0 Å². The Morgan fingerprint density at radius 3 is 2.36 bits per heavy atom. The Hall–Kier alpha value is -3.02. The number of aryl methyl sites for hydroxylation is 1. The summed E-state index contributed by atoms with van der Waals surface area (Å²) < 4.78 is 5.69. The number of hydrogen-bond donors (Lipinski definition) is 4. The highest BCUT2D eigenvalue weighted by atomic mass is 16.5. The summed E-state index contributed by atoms with van der Waals surface area (Å²) in [4.78, 5) is 12.4. The molecule has 2 aromatic carbocycles. The molecule has 5 N–H and O–H groups in total. The molecular weight excluding hydrogens is 354 g/mol. The molecule has 1 unspecified atom stereocenters. The molecule has 0 fully saturated rings. The van der Waals surface area contributed by atoms with E-state index in [0.717, 1.165) is 18.4 Å². The summed E-state index contributed by atoms with van der Waals surface area (Å²) >= 11 is 0. The molecule has 0 radical (unpaired) electrons. The van der Waals surface area contributed by atoms with Gasteiger partial charge in [0.25, 0.3) is 0 Å². The summed E-state index contributed by atoms with van der Waals surface area (Å²) in [7, 11) is 0. The number of nitrogen functional groups attached to an aromatic ring is 1. The number of nitrogens with two attached hydrogens (primary N) is 1. The summed E-state index contributed by atoms with van der Waals surface area (Å²) in [5.74, 6) is -0.307. The van der Waals surface area contributed by atoms with E-state index in [2.05, 4.69) is 12.2 Å². The fourth-order valence-corrected chi connectivity index (χ4v) is 3.26. The van der Waals surface area contributed by atoms with E-state index in [4.69, 9.17) is 15.9 Å². The minimum absolute atomic E-state index is 0.0276. The summed E-state index contributed by atoms with van der Waals surface area (Å²) in [6, 6.07) is 12.6. The Labute approximate surface area is 166 Å². The lowest BCUT2D eigenvalue weighted by molar-refractivity contribution is -0.142. The van der Waals surface area contributed by atoms with Gasteiger partial charge in [-0.3, -0.25) is 5.41 Å². The molecule has 150 valence electrons. The van der Waals surface area contributed by atoms with Crippen LogP contribution in [0.25, 0.3) is 0 Å². The van der Waals surface area contributed by atoms with Crippen LogP contribution in [0.4, 0.5) is 5.69 Å². The number of carboxylic acid groups (broad SMARTS) is 1. The summed E-state index contributed by atoms with van der Waals surface area (Å²) in [5, 5.41) is 20.9. The van der Waals surface area contributed by atoms with E-state index < -0.39 is 11.5 Å². The van der Waals surface area contributed by atoms with Crippen LogP contribution in [-0.4, -0.2) is 23.5 Å². The van der Waals surface area contributed by atoms with Gasteiger partial charge in [0.2, 0.25) is 0 Å². The van der Waals surface area contributed by atoms with Crippen molar-refractivity contribution in [2.75, 3.05) is 11.9 Å². The van der Waals surface area contributed by atoms with Gasteiger partial charge in [0.05, 0.1) is 6.61 Å². The molecule has 1 atom stereocenters. The van der Waals surface area contributed by atoms with Gasteiger partial charge in [-0.1, -0.05) is 26.3 Å². The molecule has 0 bridgehead atoms. The molecule has 0 saturated carbocycles. The molecule has 0 spiro atoms. The maximum absolute atomic E-state index is 12.4. The molecule has 0 heterocycles. The first-order chi connectivity index (χ1) is 13.4. The third-order valence-corrected chi connectivity index (χ3v) is 4.76. The van der Waals surface area contributed by atoms with Crippen LogP contribution >= 0.6 is 0 Å². The first-order valence-corrected chi connectivity index (χ1v) is 9.59. The fraction of sp³-hybridized carbons (Fsp3) is 0.364. The van der Waals surface area contributed by atoms with Gasteiger partial charge in [-0.05, 0) is 67.3 Å². The Balaban J connectivity index is 2.52. The molecule has 6 heteroatoms. The van der Waals surface area contributed by atoms with Crippen molar-refractivity contribution < 1.29 is 14.6 Å². The monoisotopic (exact) mass is 383 g/mol. The first-order valence-electron chi connectivity index (χ1n) is 9.59. The van der Waals surface area contributed by atoms with Gasteiger partial charge in [0.1, 0.15) is 11.6 Å². The number of aliphatic carboxylic acids is 1. The van der Waals surface area contributed by atoms with Gasteiger partial charge in [-0.2, -0.15) is 0 Å². The Kier molecular flexibility index (Phi) is 7.04. The smallest absolute Gasteiger partial charge is 0.334 e. The van der Waals surface area contributed by atoms with Crippen LogP contribution in [-0.2, 0) is 16.8 Å². The lowest BCUT2D eigenvalue weighted by Gasteiger charge is -2.32. The van der Waals surface area contributed by atoms with E-state index in [-0.39, 0.29) is 5.84 Å². The maximum atomic E-state index is 12.4. The molecule has 0 aromatic heterocycles. The number of benzene rings is 2. The highest BCUT2D eigenvalue weighted by Crippen LogP contribution is 2.34. The standard InChI is InChI=1S/C22H29N3O3/c1-4-7-15-12-17(14-19(13-15)28-6-3)22(5-2,21(26)27)25-18-10-8-16(9-11-18)20(23)24/h8-14,25H,4-7H2,1-3H3,(H3,23,24)(H,26,27). The fourth-order valence-electron chi connectivity index (χ4n) is 3.26. The van der Waals surface area contributed by atoms with Crippen LogP contribution in [0.5, 0.6) is 5.75 Å². The second-order valence-corrected chi connectivity index (χ2v) is 6.73. The molecule has 6 nitrogen and oxygen atoms in total. The van der Waals surface area contributed by atoms with Crippen LogP contribution in [0, 0.1) is 5.41 Å². The lowest BCUT2D eigenvalue weighted by atomic mass is 9.85. The van der Waals surface area contributed by atoms with Gasteiger partial charge in [0, 0.05) is 11.3 Å². The average Bonchev–Trinajstić information content (AvgIpc) is 2.66. The van der Waals surface area contributed by atoms with E-state index in [9.17, 15) is 9.90 Å². The van der Waals surface area contributed by atoms with Crippen molar-refractivity contribution in [3.63, 3.8) is 0 Å². The number of nitrogens with one attached hydrogen (secondary N) is 2. The number of rotatable bonds is 10. The SMILES string of the molecule is CCCc1cc(OCC)cc(C(CC)(Nc2ccc(C(=N)N)cc2)C(=O)O)c1. The van der Waals surface area contributed by atoms with Crippen molar-refractivity contribution in [1.29, 1.82) is 5.41 Å². The van der Waals surface area contributed by atoms with Gasteiger partial charge >= 0.3 is 5.97 Å². The number of ether oxygens (including phenoxy) is 1. The molecule has 0 aliphatic carbocycles. The molecule has 2 aromatic rings. The Morgan fingerprint density at radius 1 is 1.18 bits per heavy atom. The molecular formula is C22H29N3O3. The number of anilines is 1. The van der Waals surface area contributed by atoms with Crippen molar-refractivity contribution >= 4 is 17.5 Å². The molecule has 0 amide bonds. The topological polar surface area (TPSA) is 108 Å². The summed E-state index contributed by atoms with van der Waals surface area (Å²) in [5.41, 5.74) is 7.15. The van der Waals surface area contributed by atoms with Gasteiger partial charge in [0.15, 0.2) is 5.54 Å². The predicted octanol–water partition coefficient (Wildman–Crippen LogP) is 4.12. The lowest BCUT2D eigenvalue weighted by Crippen LogP contribution is -2.43. The average molecular weight is 383 g/mol. The van der Waals surface area contributed by atoms with Crippen LogP contribution in [0.1, 0.15) is 50.3 Å². The highest BCUT2D eigenvalue weighted by Gasteiger charge is 2.39. The van der Waals surface area contributed by atoms with E-state index in [1.807, 2.05) is 26.0 Å². The van der Waals surface area contributed by atoms with Crippen molar-refractivity contribution in [3.8, 4) is 5.75 Å². The van der Waals surface area contributed by atoms with Crippen LogP contribution < -0.4 is 15.8 Å². The second kappa shape index (κ2) is 9.26. The largest absolute Gasteiger partial charge is 0.494 e. The predicted molar refractivity (Wildman–Crippen MR) is 112 cm³/mol. The molecule has 0 aliphatic rings. The molecule has 2 rings (SSSR count). The zero-order valence-corrected chi connectivity index (χ0v) is 16.7. The Morgan fingerprint density at radius 2 is 1.86 bits per heavy atom. The number of carboxylic acids is 1. The van der Waals surface area contributed by atoms with Crippen LogP contribution in [0.15, 0.2) is 42.5 Å². The van der Waals surface area contributed by atoms with Gasteiger partial charge in [-0.25, -0.2) is 4.79 Å².